The average molecular weight is 366 g/mol. The maximum Gasteiger partial charge on any atom is 0.226 e. The van der Waals surface area contributed by atoms with Gasteiger partial charge < -0.3 is 9.47 Å². The Kier molecular flexibility index (Phi) is 4.70. The molecule has 0 bridgehead atoms. The lowest BCUT2D eigenvalue weighted by Gasteiger charge is -2.09. The highest BCUT2D eigenvalue weighted by Gasteiger charge is 2.40. The van der Waals surface area contributed by atoms with E-state index in [1.807, 2.05) is 32.2 Å². The number of aryl methyl sites for hydroxylation is 2. The number of ether oxygens (including phenoxy) is 2. The van der Waals surface area contributed by atoms with Crippen molar-refractivity contribution in [1.29, 1.82) is 0 Å². The van der Waals surface area contributed by atoms with E-state index >= 15 is 0 Å². The summed E-state index contributed by atoms with van der Waals surface area (Å²) in [5.41, 5.74) is 2.56. The van der Waals surface area contributed by atoms with E-state index in [4.69, 9.17) is 9.47 Å². The summed E-state index contributed by atoms with van der Waals surface area (Å²) < 4.78 is 13.0. The second-order valence-electron chi connectivity index (χ2n) is 6.63. The Morgan fingerprint density at radius 2 is 2.11 bits per heavy atom. The van der Waals surface area contributed by atoms with E-state index in [1.165, 1.54) is 0 Å². The van der Waals surface area contributed by atoms with Gasteiger partial charge in [0.2, 0.25) is 5.88 Å². The molecule has 1 saturated carbocycles. The molecule has 2 unspecified atom stereocenters. The zero-order valence-electron chi connectivity index (χ0n) is 15.7. The average Bonchev–Trinajstić information content (AvgIpc) is 3.32. The standard InChI is InChI=1S/C19H22N6O2/c1-4-25-10-18(23-24-25)16-9-20-12(2)22-19(16)27-11-13-7-15(13)17-6-5-14(26-3)8-21-17/h5-6,8-10,13,15H,4,7,11H2,1-3H3. The number of hydrogen-bond donors (Lipinski definition) is 0. The number of rotatable bonds is 7. The van der Waals surface area contributed by atoms with Gasteiger partial charge in [0, 0.05) is 30.3 Å². The van der Waals surface area contributed by atoms with Gasteiger partial charge in [-0.05, 0) is 32.4 Å². The van der Waals surface area contributed by atoms with Gasteiger partial charge in [-0.2, -0.15) is 4.98 Å². The minimum atomic E-state index is 0.420. The lowest BCUT2D eigenvalue weighted by atomic mass is 10.2. The Morgan fingerprint density at radius 1 is 1.22 bits per heavy atom. The molecule has 3 aromatic rings. The topological polar surface area (TPSA) is 87.8 Å². The lowest BCUT2D eigenvalue weighted by molar-refractivity contribution is 0.285. The van der Waals surface area contributed by atoms with Gasteiger partial charge in [0.1, 0.15) is 17.3 Å². The molecular formula is C19H22N6O2. The Labute approximate surface area is 157 Å². The molecule has 1 aliphatic rings. The largest absolute Gasteiger partial charge is 0.495 e. The molecule has 0 aromatic carbocycles. The number of pyridine rings is 1. The first kappa shape index (κ1) is 17.4. The zero-order chi connectivity index (χ0) is 18.8. The van der Waals surface area contributed by atoms with Crippen LogP contribution in [0.2, 0.25) is 0 Å². The molecule has 8 heteroatoms. The highest BCUT2D eigenvalue weighted by atomic mass is 16.5. The Bertz CT molecular complexity index is 924. The molecule has 140 valence electrons. The zero-order valence-corrected chi connectivity index (χ0v) is 15.7. The van der Waals surface area contributed by atoms with E-state index in [1.54, 1.807) is 24.2 Å². The van der Waals surface area contributed by atoms with Crippen molar-refractivity contribution in [2.45, 2.75) is 32.7 Å². The highest BCUT2D eigenvalue weighted by Crippen LogP contribution is 2.47. The molecular weight excluding hydrogens is 344 g/mol. The molecule has 1 aliphatic carbocycles. The number of aromatic nitrogens is 6. The van der Waals surface area contributed by atoms with Crippen LogP contribution in [0, 0.1) is 12.8 Å². The van der Waals surface area contributed by atoms with E-state index in [9.17, 15) is 0 Å². The smallest absolute Gasteiger partial charge is 0.226 e. The Hall–Kier alpha value is -3.03. The summed E-state index contributed by atoms with van der Waals surface area (Å²) in [4.78, 5) is 13.2. The van der Waals surface area contributed by atoms with Crippen LogP contribution in [-0.4, -0.2) is 43.7 Å². The molecule has 1 fully saturated rings. The van der Waals surface area contributed by atoms with Crippen LogP contribution in [0.3, 0.4) is 0 Å². The molecule has 8 nitrogen and oxygen atoms in total. The fraction of sp³-hybridized carbons (Fsp3) is 0.421. The Balaban J connectivity index is 1.44. The summed E-state index contributed by atoms with van der Waals surface area (Å²) in [7, 11) is 1.64. The molecule has 27 heavy (non-hydrogen) atoms. The fourth-order valence-electron chi connectivity index (χ4n) is 3.02. The van der Waals surface area contributed by atoms with Gasteiger partial charge in [0.15, 0.2) is 0 Å². The predicted molar refractivity (Wildman–Crippen MR) is 98.6 cm³/mol. The van der Waals surface area contributed by atoms with Gasteiger partial charge in [-0.1, -0.05) is 5.21 Å². The highest BCUT2D eigenvalue weighted by molar-refractivity contribution is 5.62. The van der Waals surface area contributed by atoms with E-state index in [2.05, 4.69) is 25.3 Å². The first-order chi connectivity index (χ1) is 13.2. The SMILES string of the molecule is CCn1cc(-c2cnc(C)nc2OCC2CC2c2ccc(OC)cn2)nn1. The maximum absolute atomic E-state index is 6.06. The van der Waals surface area contributed by atoms with Crippen molar-refractivity contribution in [3.8, 4) is 22.9 Å². The molecule has 3 heterocycles. The van der Waals surface area contributed by atoms with E-state index in [0.29, 0.717) is 30.1 Å². The van der Waals surface area contributed by atoms with Crippen LogP contribution in [0.4, 0.5) is 0 Å². The second-order valence-corrected chi connectivity index (χ2v) is 6.63. The van der Waals surface area contributed by atoms with Crippen molar-refractivity contribution < 1.29 is 9.47 Å². The maximum atomic E-state index is 6.06. The molecule has 0 N–H and O–H groups in total. The van der Waals surface area contributed by atoms with Crippen LogP contribution in [0.25, 0.3) is 11.3 Å². The van der Waals surface area contributed by atoms with E-state index < -0.39 is 0 Å². The van der Waals surface area contributed by atoms with Gasteiger partial charge >= 0.3 is 0 Å². The van der Waals surface area contributed by atoms with Crippen molar-refractivity contribution in [1.82, 2.24) is 29.9 Å². The minimum absolute atomic E-state index is 0.420. The van der Waals surface area contributed by atoms with Gasteiger partial charge in [-0.3, -0.25) is 9.67 Å². The van der Waals surface area contributed by atoms with E-state index in [-0.39, 0.29) is 0 Å². The van der Waals surface area contributed by atoms with Crippen LogP contribution in [-0.2, 0) is 6.54 Å². The molecule has 4 rings (SSSR count). The minimum Gasteiger partial charge on any atom is -0.495 e. The normalized spacial score (nSPS) is 18.3. The van der Waals surface area contributed by atoms with Crippen molar-refractivity contribution in [3.63, 3.8) is 0 Å². The van der Waals surface area contributed by atoms with Gasteiger partial charge in [0.05, 0.1) is 31.7 Å². The van der Waals surface area contributed by atoms with Crippen LogP contribution in [0.5, 0.6) is 11.6 Å². The third-order valence-corrected chi connectivity index (χ3v) is 4.74. The van der Waals surface area contributed by atoms with Crippen LogP contribution < -0.4 is 9.47 Å². The number of methoxy groups -OCH3 is 1. The predicted octanol–water partition coefficient (Wildman–Crippen LogP) is 2.65. The fourth-order valence-corrected chi connectivity index (χ4v) is 3.02. The third kappa shape index (κ3) is 3.74. The summed E-state index contributed by atoms with van der Waals surface area (Å²) in [6.07, 6.45) is 6.44. The Morgan fingerprint density at radius 3 is 2.81 bits per heavy atom. The quantitative estimate of drug-likeness (QED) is 0.635. The summed E-state index contributed by atoms with van der Waals surface area (Å²) in [5, 5.41) is 8.29. The van der Waals surface area contributed by atoms with Gasteiger partial charge in [0.25, 0.3) is 0 Å². The van der Waals surface area contributed by atoms with E-state index in [0.717, 1.165) is 35.7 Å². The van der Waals surface area contributed by atoms with Crippen LogP contribution in [0.15, 0.2) is 30.7 Å². The monoisotopic (exact) mass is 366 g/mol. The summed E-state index contributed by atoms with van der Waals surface area (Å²) in [6.45, 7) is 5.21. The molecule has 0 spiro atoms. The summed E-state index contributed by atoms with van der Waals surface area (Å²) in [5.74, 6) is 2.84. The molecule has 0 radical (unpaired) electrons. The lowest BCUT2D eigenvalue weighted by Crippen LogP contribution is -2.05. The van der Waals surface area contributed by atoms with Crippen molar-refractivity contribution in [3.05, 3.63) is 42.2 Å². The van der Waals surface area contributed by atoms with Crippen molar-refractivity contribution >= 4 is 0 Å². The first-order valence-corrected chi connectivity index (χ1v) is 9.04. The molecule has 0 amide bonds. The molecule has 0 saturated heterocycles. The van der Waals surface area contributed by atoms with Crippen molar-refractivity contribution in [2.75, 3.05) is 13.7 Å². The molecule has 0 aliphatic heterocycles. The number of hydrogen-bond acceptors (Lipinski definition) is 7. The molecule has 3 aromatic heterocycles. The van der Waals surface area contributed by atoms with Crippen LogP contribution >= 0.6 is 0 Å². The molecule has 2 atom stereocenters. The first-order valence-electron chi connectivity index (χ1n) is 9.04. The van der Waals surface area contributed by atoms with Gasteiger partial charge in [-0.15, -0.1) is 5.10 Å². The third-order valence-electron chi connectivity index (χ3n) is 4.74. The summed E-state index contributed by atoms with van der Waals surface area (Å²) in [6, 6.07) is 3.97. The van der Waals surface area contributed by atoms with Crippen LogP contribution in [0.1, 0.15) is 30.8 Å². The number of nitrogens with zero attached hydrogens (tertiary/aromatic N) is 6. The second kappa shape index (κ2) is 7.30. The van der Waals surface area contributed by atoms with Crippen molar-refractivity contribution in [2.24, 2.45) is 5.92 Å². The van der Waals surface area contributed by atoms with Gasteiger partial charge in [-0.25, -0.2) is 4.98 Å². The summed E-state index contributed by atoms with van der Waals surface area (Å²) >= 11 is 0.